The summed E-state index contributed by atoms with van der Waals surface area (Å²) in [7, 11) is 0. The van der Waals surface area contributed by atoms with Crippen LogP contribution in [0.1, 0.15) is 70.6 Å². The van der Waals surface area contributed by atoms with E-state index in [0.29, 0.717) is 32.2 Å². The third-order valence-corrected chi connectivity index (χ3v) is 5.89. The summed E-state index contributed by atoms with van der Waals surface area (Å²) in [6.07, 6.45) is 1.76. The zero-order valence-corrected chi connectivity index (χ0v) is 22.7. The van der Waals surface area contributed by atoms with Gasteiger partial charge in [0.15, 0.2) is 0 Å². The number of aliphatic carboxylic acids is 1. The number of hydrogen-bond acceptors (Lipinski definition) is 5. The van der Waals surface area contributed by atoms with Crippen molar-refractivity contribution in [3.05, 3.63) is 71.3 Å². The molecule has 7 heteroatoms. The van der Waals surface area contributed by atoms with Gasteiger partial charge in [-0.25, -0.2) is 4.79 Å². The Morgan fingerprint density at radius 3 is 2.08 bits per heavy atom. The van der Waals surface area contributed by atoms with Crippen LogP contribution >= 0.6 is 0 Å². The molecular weight excluding hydrogens is 470 g/mol. The fourth-order valence-electron chi connectivity index (χ4n) is 4.10. The maximum absolute atomic E-state index is 12.9. The minimum absolute atomic E-state index is 0.155. The highest BCUT2D eigenvalue weighted by atomic mass is 16.6. The molecule has 2 N–H and O–H groups in total. The molecule has 0 spiro atoms. The third kappa shape index (κ3) is 11.5. The topological polar surface area (TPSA) is 102 Å². The van der Waals surface area contributed by atoms with Gasteiger partial charge < -0.3 is 19.9 Å². The Balaban J connectivity index is 1.88. The first-order valence-electron chi connectivity index (χ1n) is 12.9. The van der Waals surface area contributed by atoms with Crippen molar-refractivity contribution in [2.75, 3.05) is 0 Å². The lowest BCUT2D eigenvalue weighted by Gasteiger charge is -2.28. The Hall–Kier alpha value is -3.35. The van der Waals surface area contributed by atoms with Crippen LogP contribution in [0.15, 0.2) is 54.6 Å². The monoisotopic (exact) mass is 511 g/mol. The van der Waals surface area contributed by atoms with Crippen LogP contribution in [0.4, 0.5) is 4.79 Å². The van der Waals surface area contributed by atoms with Crippen molar-refractivity contribution in [2.45, 2.75) is 79.1 Å². The molecule has 2 aromatic carbocycles. The van der Waals surface area contributed by atoms with Crippen LogP contribution in [-0.4, -0.2) is 28.7 Å². The van der Waals surface area contributed by atoms with Gasteiger partial charge in [0.1, 0.15) is 12.2 Å². The van der Waals surface area contributed by atoms with Gasteiger partial charge in [-0.05, 0) is 69.1 Å². The number of carboxylic acid groups (broad SMARTS) is 1. The molecule has 7 nitrogen and oxygen atoms in total. The lowest BCUT2D eigenvalue weighted by atomic mass is 9.82. The number of alkyl carbamates (subject to hydrolysis) is 1. The number of carboxylic acids is 1. The van der Waals surface area contributed by atoms with Crippen LogP contribution in [0.25, 0.3) is 0 Å². The van der Waals surface area contributed by atoms with E-state index >= 15 is 0 Å². The number of nitrogens with one attached hydrogen (secondary N) is 1. The minimum atomic E-state index is -0.955. The Labute approximate surface area is 220 Å². The molecule has 0 aliphatic rings. The molecule has 1 amide bonds. The predicted octanol–water partition coefficient (Wildman–Crippen LogP) is 6.14. The number of ether oxygens (including phenoxy) is 2. The van der Waals surface area contributed by atoms with Crippen molar-refractivity contribution >= 4 is 18.0 Å². The van der Waals surface area contributed by atoms with Crippen molar-refractivity contribution < 1.29 is 29.0 Å². The summed E-state index contributed by atoms with van der Waals surface area (Å²) in [5.74, 6) is -2.71. The molecule has 0 saturated heterocycles. The maximum Gasteiger partial charge on any atom is 0.407 e. The van der Waals surface area contributed by atoms with E-state index in [1.54, 1.807) is 20.8 Å². The van der Waals surface area contributed by atoms with E-state index < -0.39 is 35.5 Å². The van der Waals surface area contributed by atoms with Gasteiger partial charge in [-0.3, -0.25) is 9.59 Å². The second-order valence-electron chi connectivity index (χ2n) is 10.8. The van der Waals surface area contributed by atoms with E-state index in [1.807, 2.05) is 68.4 Å². The van der Waals surface area contributed by atoms with Crippen LogP contribution < -0.4 is 5.32 Å². The number of aryl methyl sites for hydroxylation is 1. The lowest BCUT2D eigenvalue weighted by Crippen LogP contribution is -2.36. The molecule has 37 heavy (non-hydrogen) atoms. The average molecular weight is 512 g/mol. The predicted molar refractivity (Wildman–Crippen MR) is 143 cm³/mol. The second-order valence-corrected chi connectivity index (χ2v) is 10.8. The summed E-state index contributed by atoms with van der Waals surface area (Å²) >= 11 is 0. The van der Waals surface area contributed by atoms with Crippen molar-refractivity contribution in [3.63, 3.8) is 0 Å². The van der Waals surface area contributed by atoms with E-state index in [0.717, 1.165) is 16.7 Å². The van der Waals surface area contributed by atoms with Crippen molar-refractivity contribution in [1.29, 1.82) is 0 Å². The molecule has 202 valence electrons. The standard InChI is InChI=1S/C30H41NO6/c1-21(2)18-26(27(32)33)25(28(34)37-30(3,4)5)13-9-12-22-14-16-23(17-15-22)19-31-29(35)36-20-24-10-7-6-8-11-24/h6-8,10-11,14-17,21,25-26H,9,12-13,18-20H2,1-5H3,(H,31,35)(H,32,33)/t25?,26-/m1/s1. The normalized spacial score (nSPS) is 13.0. The Bertz CT molecular complexity index is 995. The molecule has 0 aliphatic carbocycles. The summed E-state index contributed by atoms with van der Waals surface area (Å²) in [6.45, 7) is 9.86. The number of carbonyl (C=O) groups is 3. The molecule has 0 aliphatic heterocycles. The molecule has 0 heterocycles. The van der Waals surface area contributed by atoms with Gasteiger partial charge in [0.25, 0.3) is 0 Å². The first-order valence-corrected chi connectivity index (χ1v) is 12.9. The highest BCUT2D eigenvalue weighted by Gasteiger charge is 2.36. The summed E-state index contributed by atoms with van der Waals surface area (Å²) < 4.78 is 10.8. The number of esters is 1. The SMILES string of the molecule is CC(C)C[C@@H](C(=O)O)C(CCCc1ccc(CNC(=O)OCc2ccccc2)cc1)C(=O)OC(C)(C)C. The van der Waals surface area contributed by atoms with Gasteiger partial charge in [0, 0.05) is 6.54 Å². The van der Waals surface area contributed by atoms with Crippen LogP contribution in [0.2, 0.25) is 0 Å². The van der Waals surface area contributed by atoms with Gasteiger partial charge in [0.2, 0.25) is 0 Å². The molecule has 0 radical (unpaired) electrons. The summed E-state index contributed by atoms with van der Waals surface area (Å²) in [4.78, 5) is 36.9. The van der Waals surface area contributed by atoms with Gasteiger partial charge in [0.05, 0.1) is 11.8 Å². The molecular formula is C30H41NO6. The van der Waals surface area contributed by atoms with Crippen molar-refractivity contribution in [2.24, 2.45) is 17.8 Å². The zero-order chi connectivity index (χ0) is 27.4. The maximum atomic E-state index is 12.9. The molecule has 1 unspecified atom stereocenters. The molecule has 2 rings (SSSR count). The largest absolute Gasteiger partial charge is 0.481 e. The quantitative estimate of drug-likeness (QED) is 0.313. The van der Waals surface area contributed by atoms with Crippen LogP contribution in [0.5, 0.6) is 0 Å². The summed E-state index contributed by atoms with van der Waals surface area (Å²) in [5.41, 5.74) is 2.27. The van der Waals surface area contributed by atoms with Crippen LogP contribution in [0.3, 0.4) is 0 Å². The number of carbonyl (C=O) groups excluding carboxylic acids is 2. The van der Waals surface area contributed by atoms with E-state index in [9.17, 15) is 19.5 Å². The molecule has 0 aromatic heterocycles. The molecule has 0 fully saturated rings. The van der Waals surface area contributed by atoms with E-state index in [2.05, 4.69) is 5.32 Å². The number of amides is 1. The van der Waals surface area contributed by atoms with E-state index in [-0.39, 0.29) is 12.5 Å². The second kappa shape index (κ2) is 14.4. The zero-order valence-electron chi connectivity index (χ0n) is 22.7. The van der Waals surface area contributed by atoms with Gasteiger partial charge >= 0.3 is 18.0 Å². The number of benzene rings is 2. The Morgan fingerprint density at radius 1 is 0.892 bits per heavy atom. The van der Waals surface area contributed by atoms with Crippen LogP contribution in [-0.2, 0) is 38.6 Å². The summed E-state index contributed by atoms with van der Waals surface area (Å²) in [5, 5.41) is 12.6. The Morgan fingerprint density at radius 2 is 1.51 bits per heavy atom. The highest BCUT2D eigenvalue weighted by molar-refractivity contribution is 5.81. The molecule has 0 bridgehead atoms. The van der Waals surface area contributed by atoms with Gasteiger partial charge in [-0.1, -0.05) is 68.4 Å². The molecule has 0 saturated carbocycles. The lowest BCUT2D eigenvalue weighted by molar-refractivity contribution is -0.167. The summed E-state index contributed by atoms with van der Waals surface area (Å²) in [6, 6.07) is 17.3. The van der Waals surface area contributed by atoms with Gasteiger partial charge in [-0.2, -0.15) is 0 Å². The van der Waals surface area contributed by atoms with E-state index in [1.165, 1.54) is 0 Å². The average Bonchev–Trinajstić information content (AvgIpc) is 2.83. The van der Waals surface area contributed by atoms with E-state index in [4.69, 9.17) is 9.47 Å². The third-order valence-electron chi connectivity index (χ3n) is 5.89. The number of hydrogen-bond donors (Lipinski definition) is 2. The Kier molecular flexibility index (Phi) is 11.6. The number of rotatable bonds is 13. The first kappa shape index (κ1) is 29.9. The fourth-order valence-corrected chi connectivity index (χ4v) is 4.10. The molecule has 2 atom stereocenters. The smallest absolute Gasteiger partial charge is 0.407 e. The fraction of sp³-hybridized carbons (Fsp3) is 0.500. The van der Waals surface area contributed by atoms with Crippen molar-refractivity contribution in [3.8, 4) is 0 Å². The van der Waals surface area contributed by atoms with Gasteiger partial charge in [-0.15, -0.1) is 0 Å². The first-order chi connectivity index (χ1) is 17.4. The minimum Gasteiger partial charge on any atom is -0.481 e. The molecule has 2 aromatic rings. The highest BCUT2D eigenvalue weighted by Crippen LogP contribution is 2.29. The van der Waals surface area contributed by atoms with Crippen molar-refractivity contribution in [1.82, 2.24) is 5.32 Å². The van der Waals surface area contributed by atoms with Crippen LogP contribution in [0, 0.1) is 17.8 Å².